The maximum absolute atomic E-state index is 11.6. The van der Waals surface area contributed by atoms with E-state index in [9.17, 15) is 9.90 Å². The molecule has 0 radical (unpaired) electrons. The van der Waals surface area contributed by atoms with E-state index in [2.05, 4.69) is 68.6 Å². The van der Waals surface area contributed by atoms with Crippen molar-refractivity contribution < 1.29 is 14.6 Å². The number of carbonyl (C=O) groups is 1. The predicted molar refractivity (Wildman–Crippen MR) is 123 cm³/mol. The zero-order valence-electron chi connectivity index (χ0n) is 18.3. The molecule has 3 rings (SSSR count). The third kappa shape index (κ3) is 5.44. The highest BCUT2D eigenvalue weighted by Crippen LogP contribution is 2.35. The molecule has 4 heteroatoms. The third-order valence-electron chi connectivity index (χ3n) is 5.65. The third-order valence-corrected chi connectivity index (χ3v) is 5.65. The van der Waals surface area contributed by atoms with Gasteiger partial charge in [0.2, 0.25) is 0 Å². The molecule has 1 unspecified atom stereocenters. The van der Waals surface area contributed by atoms with E-state index in [4.69, 9.17) is 4.74 Å². The second kappa shape index (κ2) is 10.3. The normalized spacial score (nSPS) is 16.5. The zero-order valence-corrected chi connectivity index (χ0v) is 18.3. The molecule has 160 valence electrons. The van der Waals surface area contributed by atoms with Gasteiger partial charge < -0.3 is 15.2 Å². The lowest BCUT2D eigenvalue weighted by Gasteiger charge is -2.24. The maximum atomic E-state index is 11.6. The zero-order chi connectivity index (χ0) is 21.5. The summed E-state index contributed by atoms with van der Waals surface area (Å²) >= 11 is 0. The first kappa shape index (κ1) is 21.9. The van der Waals surface area contributed by atoms with Crippen molar-refractivity contribution in [1.82, 2.24) is 0 Å². The molecule has 1 aliphatic rings. The topological polar surface area (TPSA) is 58.6 Å². The van der Waals surface area contributed by atoms with Crippen molar-refractivity contribution in [3.05, 3.63) is 64.7 Å². The van der Waals surface area contributed by atoms with E-state index < -0.39 is 5.97 Å². The highest BCUT2D eigenvalue weighted by molar-refractivity contribution is 5.93. The Morgan fingerprint density at radius 2 is 1.87 bits per heavy atom. The van der Waals surface area contributed by atoms with Crippen molar-refractivity contribution in [3.8, 4) is 5.75 Å². The van der Waals surface area contributed by atoms with Crippen molar-refractivity contribution in [2.24, 2.45) is 5.92 Å². The molecule has 0 saturated heterocycles. The molecule has 1 aliphatic heterocycles. The monoisotopic (exact) mass is 407 g/mol. The van der Waals surface area contributed by atoms with Gasteiger partial charge in [-0.05, 0) is 72.2 Å². The fourth-order valence-electron chi connectivity index (χ4n) is 4.05. The van der Waals surface area contributed by atoms with Crippen molar-refractivity contribution in [2.75, 3.05) is 18.5 Å². The molecular formula is C26H33NO3. The van der Waals surface area contributed by atoms with Crippen LogP contribution in [0.25, 0.3) is 6.08 Å². The second-order valence-electron chi connectivity index (χ2n) is 8.34. The summed E-state index contributed by atoms with van der Waals surface area (Å²) in [6.07, 6.45) is 5.42. The van der Waals surface area contributed by atoms with Gasteiger partial charge in [-0.2, -0.15) is 0 Å². The molecule has 1 atom stereocenters. The number of rotatable bonds is 8. The van der Waals surface area contributed by atoms with Gasteiger partial charge in [0.1, 0.15) is 5.75 Å². The first-order chi connectivity index (χ1) is 14.5. The van der Waals surface area contributed by atoms with Crippen LogP contribution in [-0.2, 0) is 4.79 Å². The summed E-state index contributed by atoms with van der Waals surface area (Å²) in [4.78, 5) is 11.6. The lowest BCUT2D eigenvalue weighted by atomic mass is 9.81. The Bertz CT molecular complexity index is 884. The molecule has 0 amide bonds. The maximum Gasteiger partial charge on any atom is 0.331 e. The van der Waals surface area contributed by atoms with Crippen LogP contribution in [0.2, 0.25) is 0 Å². The molecule has 2 aromatic carbocycles. The summed E-state index contributed by atoms with van der Waals surface area (Å²) in [5, 5.41) is 13.0. The van der Waals surface area contributed by atoms with E-state index in [0.29, 0.717) is 17.9 Å². The van der Waals surface area contributed by atoms with Crippen LogP contribution in [0.15, 0.2) is 48.0 Å². The van der Waals surface area contributed by atoms with E-state index in [1.54, 1.807) is 0 Å². The van der Waals surface area contributed by atoms with Gasteiger partial charge in [0.05, 0.1) is 6.61 Å². The van der Waals surface area contributed by atoms with Crippen LogP contribution in [0.4, 0.5) is 5.69 Å². The molecule has 0 aliphatic carbocycles. The Morgan fingerprint density at radius 1 is 1.13 bits per heavy atom. The van der Waals surface area contributed by atoms with E-state index in [0.717, 1.165) is 49.4 Å². The van der Waals surface area contributed by atoms with Crippen molar-refractivity contribution >= 4 is 17.7 Å². The van der Waals surface area contributed by atoms with Crippen LogP contribution >= 0.6 is 0 Å². The molecule has 2 N–H and O–H groups in total. The SMILES string of the molecule is CCCCOc1ccc(C(c2ccc3c(c2)/C=C(/C(=O)O)CCCN3)C(C)C)cc1. The Hall–Kier alpha value is -2.75. The highest BCUT2D eigenvalue weighted by atomic mass is 16.5. The van der Waals surface area contributed by atoms with Crippen molar-refractivity contribution in [2.45, 2.75) is 52.4 Å². The van der Waals surface area contributed by atoms with Gasteiger partial charge in [-0.1, -0.05) is 45.4 Å². The minimum atomic E-state index is -0.827. The van der Waals surface area contributed by atoms with Gasteiger partial charge in [-0.15, -0.1) is 0 Å². The quantitative estimate of drug-likeness (QED) is 0.502. The average Bonchev–Trinajstić information content (AvgIpc) is 2.70. The fourth-order valence-corrected chi connectivity index (χ4v) is 4.05. The van der Waals surface area contributed by atoms with E-state index >= 15 is 0 Å². The minimum Gasteiger partial charge on any atom is -0.494 e. The smallest absolute Gasteiger partial charge is 0.331 e. The lowest BCUT2D eigenvalue weighted by molar-refractivity contribution is -0.132. The average molecular weight is 408 g/mol. The number of nitrogens with one attached hydrogen (secondary N) is 1. The van der Waals surface area contributed by atoms with Crippen LogP contribution in [0, 0.1) is 5.92 Å². The Kier molecular flexibility index (Phi) is 7.56. The van der Waals surface area contributed by atoms with Crippen LogP contribution in [0.3, 0.4) is 0 Å². The summed E-state index contributed by atoms with van der Waals surface area (Å²) in [5.41, 5.74) is 4.87. The molecule has 0 bridgehead atoms. The first-order valence-corrected chi connectivity index (χ1v) is 11.0. The van der Waals surface area contributed by atoms with Gasteiger partial charge >= 0.3 is 5.97 Å². The van der Waals surface area contributed by atoms with Gasteiger partial charge in [0.25, 0.3) is 0 Å². The fraction of sp³-hybridized carbons (Fsp3) is 0.423. The molecule has 2 aromatic rings. The molecule has 0 saturated carbocycles. The van der Waals surface area contributed by atoms with Gasteiger partial charge in [-0.3, -0.25) is 0 Å². The number of carboxylic acids is 1. The summed E-state index contributed by atoms with van der Waals surface area (Å²) in [6, 6.07) is 14.8. The van der Waals surface area contributed by atoms with Crippen LogP contribution in [-0.4, -0.2) is 24.2 Å². The molecule has 0 fully saturated rings. The van der Waals surface area contributed by atoms with Crippen molar-refractivity contribution in [3.63, 3.8) is 0 Å². The van der Waals surface area contributed by atoms with E-state index in [1.165, 1.54) is 11.1 Å². The van der Waals surface area contributed by atoms with E-state index in [-0.39, 0.29) is 5.92 Å². The van der Waals surface area contributed by atoms with Gasteiger partial charge in [0, 0.05) is 23.7 Å². The Balaban J connectivity index is 1.92. The highest BCUT2D eigenvalue weighted by Gasteiger charge is 2.20. The number of aliphatic carboxylic acids is 1. The summed E-state index contributed by atoms with van der Waals surface area (Å²) in [6.45, 7) is 8.14. The second-order valence-corrected chi connectivity index (χ2v) is 8.34. The Morgan fingerprint density at radius 3 is 2.53 bits per heavy atom. The standard InChI is InChI=1S/C26H33NO3/c1-4-5-15-30-23-11-8-19(9-12-23)25(18(2)3)20-10-13-24-22(16-20)17-21(26(28)29)7-6-14-27-24/h8-13,16-18,25,27H,4-7,14-15H2,1-3H3,(H,28,29)/b21-17+. The molecule has 1 heterocycles. The van der Waals surface area contributed by atoms with E-state index in [1.807, 2.05) is 6.08 Å². The lowest BCUT2D eigenvalue weighted by Crippen LogP contribution is -2.12. The minimum absolute atomic E-state index is 0.229. The van der Waals surface area contributed by atoms with Crippen LogP contribution < -0.4 is 10.1 Å². The predicted octanol–water partition coefficient (Wildman–Crippen LogP) is 6.33. The summed E-state index contributed by atoms with van der Waals surface area (Å²) in [7, 11) is 0. The number of ether oxygens (including phenoxy) is 1. The number of unbranched alkanes of at least 4 members (excludes halogenated alkanes) is 1. The van der Waals surface area contributed by atoms with Crippen LogP contribution in [0.5, 0.6) is 5.75 Å². The number of carboxylic acid groups (broad SMARTS) is 1. The Labute approximate surface area is 180 Å². The van der Waals surface area contributed by atoms with Crippen molar-refractivity contribution in [1.29, 1.82) is 0 Å². The number of anilines is 1. The number of benzene rings is 2. The first-order valence-electron chi connectivity index (χ1n) is 11.0. The number of hydrogen-bond donors (Lipinski definition) is 2. The molecule has 4 nitrogen and oxygen atoms in total. The summed E-state index contributed by atoms with van der Waals surface area (Å²) < 4.78 is 5.81. The number of fused-ring (bicyclic) bond motifs is 1. The van der Waals surface area contributed by atoms with Gasteiger partial charge in [-0.25, -0.2) is 4.79 Å². The largest absolute Gasteiger partial charge is 0.494 e. The van der Waals surface area contributed by atoms with Crippen LogP contribution in [0.1, 0.15) is 69.1 Å². The molecular weight excluding hydrogens is 374 g/mol. The molecule has 30 heavy (non-hydrogen) atoms. The summed E-state index contributed by atoms with van der Waals surface area (Å²) in [5.74, 6) is 0.713. The molecule has 0 spiro atoms. The molecule has 0 aromatic heterocycles. The van der Waals surface area contributed by atoms with Gasteiger partial charge in [0.15, 0.2) is 0 Å². The number of hydrogen-bond acceptors (Lipinski definition) is 3.